The first kappa shape index (κ1) is 24.1. The fourth-order valence-electron chi connectivity index (χ4n) is 0.471. The van der Waals surface area contributed by atoms with Gasteiger partial charge in [0.1, 0.15) is 0 Å². The Balaban J connectivity index is -0.000000218. The topological polar surface area (TPSA) is 51.2 Å². The highest BCUT2D eigenvalue weighted by Crippen LogP contribution is 1.95. The summed E-state index contributed by atoms with van der Waals surface area (Å²) in [5.41, 5.74) is 1.53. The zero-order valence-corrected chi connectivity index (χ0v) is 14.4. The summed E-state index contributed by atoms with van der Waals surface area (Å²) < 4.78 is 0. The molecule has 0 aliphatic heterocycles. The van der Waals surface area contributed by atoms with E-state index in [1.165, 1.54) is 12.2 Å². The van der Waals surface area contributed by atoms with Gasteiger partial charge in [-0.3, -0.25) is 14.4 Å². The molecule has 0 rings (SSSR count). The van der Waals surface area contributed by atoms with Crippen molar-refractivity contribution in [1.29, 1.82) is 0 Å². The smallest absolute Gasteiger partial charge is 0.247 e. The third-order valence-corrected chi connectivity index (χ3v) is 1.98. The van der Waals surface area contributed by atoms with Crippen LogP contribution in [0.2, 0.25) is 0 Å². The number of hydrogen-bond donors (Lipinski definition) is 0. The van der Waals surface area contributed by atoms with Gasteiger partial charge in [0.05, 0.1) is 0 Å². The normalized spacial score (nSPS) is 9.70. The second-order valence-electron chi connectivity index (χ2n) is 3.58. The molecule has 114 valence electrons. The molecule has 0 spiro atoms. The van der Waals surface area contributed by atoms with Crippen LogP contribution in [0.1, 0.15) is 34.6 Å². The minimum Gasteiger partial charge on any atom is -0.276 e. The van der Waals surface area contributed by atoms with Crippen molar-refractivity contribution in [3.63, 3.8) is 0 Å². The van der Waals surface area contributed by atoms with Crippen LogP contribution in [0.25, 0.3) is 0 Å². The van der Waals surface area contributed by atoms with Gasteiger partial charge >= 0.3 is 0 Å². The highest BCUT2D eigenvalue weighted by Gasteiger charge is 1.92. The first-order valence-electron chi connectivity index (χ1n) is 5.57. The predicted octanol–water partition coefficient (Wildman–Crippen LogP) is 4.76. The molecule has 0 N–H and O–H groups in total. The summed E-state index contributed by atoms with van der Waals surface area (Å²) in [7, 11) is 0. The molecule has 0 fully saturated rings. The van der Waals surface area contributed by atoms with E-state index in [0.717, 1.165) is 5.57 Å². The van der Waals surface area contributed by atoms with Crippen LogP contribution in [0, 0.1) is 0 Å². The molecular formula is C14H19Cl3O3. The average molecular weight is 342 g/mol. The maximum atomic E-state index is 10.1. The molecule has 0 bridgehead atoms. The van der Waals surface area contributed by atoms with E-state index >= 15 is 0 Å². The fourth-order valence-corrected chi connectivity index (χ4v) is 0.925. The van der Waals surface area contributed by atoms with E-state index in [2.05, 4.69) is 0 Å². The third kappa shape index (κ3) is 30.3. The summed E-state index contributed by atoms with van der Waals surface area (Å²) in [6.07, 6.45) is 5.94. The van der Waals surface area contributed by atoms with E-state index in [9.17, 15) is 14.4 Å². The number of rotatable bonds is 3. The minimum atomic E-state index is -0.419. The summed E-state index contributed by atoms with van der Waals surface area (Å²) in [4.78, 5) is 29.7. The van der Waals surface area contributed by atoms with Crippen molar-refractivity contribution in [3.05, 3.63) is 35.5 Å². The summed E-state index contributed by atoms with van der Waals surface area (Å²) in [5, 5.41) is -1.19. The van der Waals surface area contributed by atoms with Gasteiger partial charge in [0.2, 0.25) is 15.7 Å². The van der Waals surface area contributed by atoms with E-state index in [-0.39, 0.29) is 5.24 Å². The Kier molecular flexibility index (Phi) is 19.5. The lowest BCUT2D eigenvalue weighted by Gasteiger charge is -1.82. The lowest BCUT2D eigenvalue weighted by Crippen LogP contribution is -1.84. The Bertz CT molecular complexity index is 404. The van der Waals surface area contributed by atoms with Crippen LogP contribution >= 0.6 is 34.8 Å². The van der Waals surface area contributed by atoms with Crippen molar-refractivity contribution in [1.82, 2.24) is 0 Å². The van der Waals surface area contributed by atoms with E-state index in [0.29, 0.717) is 5.57 Å². The summed E-state index contributed by atoms with van der Waals surface area (Å²) >= 11 is 14.8. The Hall–Kier alpha value is -0.900. The van der Waals surface area contributed by atoms with Gasteiger partial charge in [-0.2, -0.15) is 0 Å². The molecule has 0 aliphatic carbocycles. The molecule has 0 aromatic rings. The highest BCUT2D eigenvalue weighted by molar-refractivity contribution is 6.67. The zero-order valence-electron chi connectivity index (χ0n) is 12.2. The summed E-state index contributed by atoms with van der Waals surface area (Å²) in [5.74, 6) is 0. The number of halogens is 3. The van der Waals surface area contributed by atoms with Gasteiger partial charge in [0.25, 0.3) is 0 Å². The van der Waals surface area contributed by atoms with Crippen LogP contribution in [0.3, 0.4) is 0 Å². The van der Waals surface area contributed by atoms with Gasteiger partial charge in [-0.25, -0.2) is 0 Å². The largest absolute Gasteiger partial charge is 0.276 e. The van der Waals surface area contributed by atoms with E-state index in [1.54, 1.807) is 32.9 Å². The Morgan fingerprint density at radius 2 is 1.30 bits per heavy atom. The van der Waals surface area contributed by atoms with Crippen LogP contribution in [0.4, 0.5) is 0 Å². The second kappa shape index (κ2) is 16.2. The highest BCUT2D eigenvalue weighted by atomic mass is 35.5. The monoisotopic (exact) mass is 340 g/mol. The molecule has 0 heterocycles. The van der Waals surface area contributed by atoms with E-state index < -0.39 is 10.5 Å². The Morgan fingerprint density at radius 1 is 0.850 bits per heavy atom. The molecule has 6 heteroatoms. The van der Waals surface area contributed by atoms with Crippen LogP contribution in [-0.2, 0) is 14.4 Å². The Labute approximate surface area is 135 Å². The van der Waals surface area contributed by atoms with E-state index in [4.69, 9.17) is 34.8 Å². The van der Waals surface area contributed by atoms with Gasteiger partial charge in [-0.15, -0.1) is 0 Å². The molecule has 0 aromatic carbocycles. The number of allylic oxidation sites excluding steroid dienone is 6. The van der Waals surface area contributed by atoms with Crippen molar-refractivity contribution in [3.8, 4) is 0 Å². The molecule has 0 aliphatic rings. The third-order valence-electron chi connectivity index (χ3n) is 1.44. The first-order valence-corrected chi connectivity index (χ1v) is 6.71. The van der Waals surface area contributed by atoms with Crippen molar-refractivity contribution in [2.75, 3.05) is 0 Å². The number of carbonyl (C=O) groups excluding carboxylic acids is 3. The molecular weight excluding hydrogens is 323 g/mol. The molecule has 0 saturated heterocycles. The SMILES string of the molecule is C/C=C(\C)C(=O)Cl.C/C=C/C(=O)Cl.CC(C)=CC(=O)Cl. The maximum absolute atomic E-state index is 10.1. The van der Waals surface area contributed by atoms with Gasteiger partial charge in [-0.05, 0) is 81.6 Å². The molecule has 3 nitrogen and oxygen atoms in total. The molecule has 0 amide bonds. The van der Waals surface area contributed by atoms with Gasteiger partial charge in [-0.1, -0.05) is 17.7 Å². The maximum Gasteiger partial charge on any atom is 0.247 e. The fraction of sp³-hybridized carbons (Fsp3) is 0.357. The lowest BCUT2D eigenvalue weighted by atomic mass is 10.3. The van der Waals surface area contributed by atoms with Crippen LogP contribution in [-0.4, -0.2) is 15.7 Å². The van der Waals surface area contributed by atoms with Crippen molar-refractivity contribution >= 4 is 50.5 Å². The van der Waals surface area contributed by atoms with Crippen molar-refractivity contribution in [2.45, 2.75) is 34.6 Å². The van der Waals surface area contributed by atoms with Crippen LogP contribution < -0.4 is 0 Å². The average Bonchev–Trinajstić information content (AvgIpc) is 2.27. The number of hydrogen-bond acceptors (Lipinski definition) is 3. The van der Waals surface area contributed by atoms with Crippen LogP contribution in [0.15, 0.2) is 35.5 Å². The predicted molar refractivity (Wildman–Crippen MR) is 86.3 cm³/mol. The standard InChI is InChI=1S/2C5H7ClO.C4H5ClO/c1-4(2)3-5(6)7;1-3-4(2)5(6)7;1-2-3-4(5)6/h2*3H,1-2H3;2-3H,1H3/b;4-3+;3-2+. The zero-order chi connectivity index (χ0) is 16.7. The summed E-state index contributed by atoms with van der Waals surface area (Å²) in [6.45, 7) is 8.83. The molecule has 20 heavy (non-hydrogen) atoms. The minimum absolute atomic E-state index is 0.373. The van der Waals surface area contributed by atoms with Gasteiger partial charge in [0, 0.05) is 5.57 Å². The van der Waals surface area contributed by atoms with Gasteiger partial charge < -0.3 is 0 Å². The lowest BCUT2D eigenvalue weighted by molar-refractivity contribution is -0.109. The van der Waals surface area contributed by atoms with E-state index in [1.807, 2.05) is 13.8 Å². The molecule has 0 atom stereocenters. The first-order chi connectivity index (χ1) is 9.08. The number of carbonyl (C=O) groups is 3. The molecule has 0 aromatic heterocycles. The summed E-state index contributed by atoms with van der Waals surface area (Å²) in [6, 6.07) is 0. The quantitative estimate of drug-likeness (QED) is 0.549. The molecule has 0 unspecified atom stereocenters. The molecule has 0 saturated carbocycles. The van der Waals surface area contributed by atoms with Crippen LogP contribution in [0.5, 0.6) is 0 Å². The van der Waals surface area contributed by atoms with Crippen molar-refractivity contribution in [2.24, 2.45) is 0 Å². The van der Waals surface area contributed by atoms with Gasteiger partial charge in [0.15, 0.2) is 0 Å². The second-order valence-corrected chi connectivity index (χ2v) is 4.66. The van der Waals surface area contributed by atoms with Crippen molar-refractivity contribution < 1.29 is 14.4 Å². The Morgan fingerprint density at radius 3 is 1.30 bits per heavy atom. The molecule has 0 radical (unpaired) electrons.